The van der Waals surface area contributed by atoms with Crippen molar-refractivity contribution < 1.29 is 14.3 Å². The molecule has 4 aliphatic rings. The van der Waals surface area contributed by atoms with Gasteiger partial charge in [0.1, 0.15) is 0 Å². The average molecular weight is 445 g/mol. The van der Waals surface area contributed by atoms with Gasteiger partial charge in [0, 0.05) is 58.0 Å². The molecule has 1 aromatic rings. The third-order valence-electron chi connectivity index (χ3n) is 7.92. The summed E-state index contributed by atoms with van der Waals surface area (Å²) in [5.74, 6) is 1.09. The zero-order valence-corrected chi connectivity index (χ0v) is 19.1. The van der Waals surface area contributed by atoms with Crippen LogP contribution in [0.1, 0.15) is 61.7 Å². The molecule has 2 aliphatic carbocycles. The Morgan fingerprint density at radius 1 is 1.00 bits per heavy atom. The number of nitrogens with zero attached hydrogens (tertiary/aromatic N) is 2. The Hall–Kier alpha value is -1.69. The van der Waals surface area contributed by atoms with E-state index < -0.39 is 0 Å². The molecule has 5 rings (SSSR count). The van der Waals surface area contributed by atoms with Crippen molar-refractivity contribution in [1.82, 2.24) is 9.80 Å². The number of imide groups is 1. The smallest absolute Gasteiger partial charge is 0.230 e. The molecule has 2 amide bonds. The number of carbonyl (C=O) groups excluding carboxylic acids is 2. The second-order valence-corrected chi connectivity index (χ2v) is 9.70. The Bertz CT molecular complexity index is 844. The van der Waals surface area contributed by atoms with E-state index in [2.05, 4.69) is 35.2 Å². The summed E-state index contributed by atoms with van der Waals surface area (Å²) in [6, 6.07) is 8.67. The third-order valence-corrected chi connectivity index (χ3v) is 7.92. The maximum Gasteiger partial charge on any atom is 0.230 e. The number of rotatable bonds is 5. The van der Waals surface area contributed by atoms with Crippen LogP contribution in [0.3, 0.4) is 0 Å². The molecular formula is C25H33ClN2O3. The Morgan fingerprint density at radius 2 is 1.65 bits per heavy atom. The standard InChI is InChI=1S/C25H32N2O3.ClH/c1-30-24-19-9-3-2-8-18(19)20-16-26(17-21(20)24)12-6-7-13-27-22(28)14-25(15-23(27)29)10-4-5-11-25;/h2-3,6-9,20-21,24H,4-5,10-17H2,1H3;1H/t20-,21-,24?;/m1./s1. The van der Waals surface area contributed by atoms with Crippen LogP contribution in [0.25, 0.3) is 0 Å². The second-order valence-electron chi connectivity index (χ2n) is 9.70. The Kier molecular flexibility index (Phi) is 6.57. The largest absolute Gasteiger partial charge is 0.376 e. The van der Waals surface area contributed by atoms with Crippen molar-refractivity contribution in [2.75, 3.05) is 33.3 Å². The number of benzene rings is 1. The van der Waals surface area contributed by atoms with Crippen LogP contribution < -0.4 is 0 Å². The number of piperidine rings is 1. The molecule has 2 aliphatic heterocycles. The normalized spacial score (nSPS) is 29.6. The van der Waals surface area contributed by atoms with Gasteiger partial charge in [-0.3, -0.25) is 19.4 Å². The zero-order valence-electron chi connectivity index (χ0n) is 18.3. The van der Waals surface area contributed by atoms with Crippen LogP contribution in [-0.4, -0.2) is 54.9 Å². The lowest BCUT2D eigenvalue weighted by Crippen LogP contribution is -2.47. The van der Waals surface area contributed by atoms with Crippen molar-refractivity contribution in [2.45, 2.75) is 50.5 Å². The summed E-state index contributed by atoms with van der Waals surface area (Å²) in [5.41, 5.74) is 2.77. The van der Waals surface area contributed by atoms with Gasteiger partial charge in [0.25, 0.3) is 0 Å². The lowest BCUT2D eigenvalue weighted by molar-refractivity contribution is -0.152. The van der Waals surface area contributed by atoms with E-state index in [0.29, 0.717) is 31.2 Å². The van der Waals surface area contributed by atoms with E-state index in [1.807, 2.05) is 13.2 Å². The molecule has 3 atom stereocenters. The van der Waals surface area contributed by atoms with E-state index in [0.717, 1.165) is 45.3 Å². The number of halogens is 1. The number of amides is 2. The second kappa shape index (κ2) is 9.05. The van der Waals surface area contributed by atoms with Crippen molar-refractivity contribution in [3.05, 3.63) is 47.5 Å². The van der Waals surface area contributed by atoms with Crippen LogP contribution in [0.15, 0.2) is 36.4 Å². The minimum absolute atomic E-state index is 0. The van der Waals surface area contributed by atoms with E-state index >= 15 is 0 Å². The molecule has 2 heterocycles. The molecule has 0 N–H and O–H groups in total. The fraction of sp³-hybridized carbons (Fsp3) is 0.600. The summed E-state index contributed by atoms with van der Waals surface area (Å²) in [6.45, 7) is 3.33. The van der Waals surface area contributed by atoms with E-state index in [4.69, 9.17) is 4.74 Å². The van der Waals surface area contributed by atoms with Gasteiger partial charge in [-0.2, -0.15) is 0 Å². The van der Waals surface area contributed by atoms with Crippen LogP contribution >= 0.6 is 12.4 Å². The van der Waals surface area contributed by atoms with Gasteiger partial charge in [0.15, 0.2) is 0 Å². The summed E-state index contributed by atoms with van der Waals surface area (Å²) in [6.07, 6.45) is 9.81. The Balaban J connectivity index is 0.00000231. The van der Waals surface area contributed by atoms with Crippen molar-refractivity contribution in [3.63, 3.8) is 0 Å². The highest BCUT2D eigenvalue weighted by Crippen LogP contribution is 2.50. The summed E-state index contributed by atoms with van der Waals surface area (Å²) in [7, 11) is 1.81. The fourth-order valence-electron chi connectivity index (χ4n) is 6.46. The molecule has 168 valence electrons. The SMILES string of the molecule is COC1c2ccccc2[C@H]2CN(CC=CCN3C(=O)CC4(CCCC4)CC3=O)C[C@@H]12.Cl. The van der Waals surface area contributed by atoms with Crippen LogP contribution in [0.4, 0.5) is 0 Å². The summed E-state index contributed by atoms with van der Waals surface area (Å²) < 4.78 is 5.84. The van der Waals surface area contributed by atoms with Crippen molar-refractivity contribution >= 4 is 24.2 Å². The number of likely N-dealkylation sites (tertiary alicyclic amines) is 2. The number of ether oxygens (including phenoxy) is 1. The first-order valence-corrected chi connectivity index (χ1v) is 11.4. The molecule has 2 saturated heterocycles. The molecule has 1 saturated carbocycles. The molecule has 0 aromatic heterocycles. The van der Waals surface area contributed by atoms with E-state index in [9.17, 15) is 9.59 Å². The number of fused-ring (bicyclic) bond motifs is 3. The molecule has 5 nitrogen and oxygen atoms in total. The molecule has 0 radical (unpaired) electrons. The maximum atomic E-state index is 12.6. The number of methoxy groups -OCH3 is 1. The van der Waals surface area contributed by atoms with Crippen molar-refractivity contribution in [2.24, 2.45) is 11.3 Å². The first-order valence-electron chi connectivity index (χ1n) is 11.4. The number of hydrogen-bond donors (Lipinski definition) is 0. The zero-order chi connectivity index (χ0) is 20.7. The van der Waals surface area contributed by atoms with Crippen LogP contribution in [0, 0.1) is 11.3 Å². The number of hydrogen-bond acceptors (Lipinski definition) is 4. The highest BCUT2D eigenvalue weighted by Gasteiger charge is 2.46. The first kappa shape index (κ1) is 22.5. The third kappa shape index (κ3) is 4.08. The first-order chi connectivity index (χ1) is 14.6. The Morgan fingerprint density at radius 3 is 2.32 bits per heavy atom. The number of carbonyl (C=O) groups is 2. The Labute approximate surface area is 191 Å². The lowest BCUT2D eigenvalue weighted by Gasteiger charge is -2.36. The minimum Gasteiger partial charge on any atom is -0.376 e. The topological polar surface area (TPSA) is 49.9 Å². The predicted octanol–water partition coefficient (Wildman–Crippen LogP) is 4.09. The van der Waals surface area contributed by atoms with Crippen LogP contribution in [-0.2, 0) is 14.3 Å². The molecule has 1 spiro atoms. The minimum atomic E-state index is -0.0180. The summed E-state index contributed by atoms with van der Waals surface area (Å²) >= 11 is 0. The molecule has 6 heteroatoms. The van der Waals surface area contributed by atoms with Gasteiger partial charge >= 0.3 is 0 Å². The highest BCUT2D eigenvalue weighted by atomic mass is 35.5. The van der Waals surface area contributed by atoms with Gasteiger partial charge in [-0.15, -0.1) is 12.4 Å². The summed E-state index contributed by atoms with van der Waals surface area (Å²) in [4.78, 5) is 29.1. The molecule has 31 heavy (non-hydrogen) atoms. The molecule has 3 fully saturated rings. The lowest BCUT2D eigenvalue weighted by atomic mass is 9.76. The van der Waals surface area contributed by atoms with Gasteiger partial charge < -0.3 is 4.74 Å². The van der Waals surface area contributed by atoms with E-state index in [1.165, 1.54) is 16.0 Å². The molecule has 1 unspecified atom stereocenters. The van der Waals surface area contributed by atoms with Gasteiger partial charge in [0.2, 0.25) is 11.8 Å². The molecular weight excluding hydrogens is 412 g/mol. The van der Waals surface area contributed by atoms with E-state index in [1.54, 1.807) is 0 Å². The summed E-state index contributed by atoms with van der Waals surface area (Å²) in [5, 5.41) is 0. The highest BCUT2D eigenvalue weighted by molar-refractivity contribution is 5.98. The van der Waals surface area contributed by atoms with Gasteiger partial charge in [-0.05, 0) is 29.4 Å². The van der Waals surface area contributed by atoms with Crippen molar-refractivity contribution in [3.8, 4) is 0 Å². The van der Waals surface area contributed by atoms with Gasteiger partial charge in [0.05, 0.1) is 6.10 Å². The fourth-order valence-corrected chi connectivity index (χ4v) is 6.46. The van der Waals surface area contributed by atoms with Crippen LogP contribution in [0.5, 0.6) is 0 Å². The maximum absolute atomic E-state index is 12.6. The average Bonchev–Trinajstić information content (AvgIpc) is 3.41. The van der Waals surface area contributed by atoms with Crippen molar-refractivity contribution in [1.29, 1.82) is 0 Å². The van der Waals surface area contributed by atoms with Crippen LogP contribution in [0.2, 0.25) is 0 Å². The molecule has 1 aromatic carbocycles. The monoisotopic (exact) mass is 444 g/mol. The van der Waals surface area contributed by atoms with Gasteiger partial charge in [-0.25, -0.2) is 0 Å². The van der Waals surface area contributed by atoms with E-state index in [-0.39, 0.29) is 35.7 Å². The van der Waals surface area contributed by atoms with Gasteiger partial charge in [-0.1, -0.05) is 49.3 Å². The molecule has 0 bridgehead atoms. The quantitative estimate of drug-likeness (QED) is 0.507. The predicted molar refractivity (Wildman–Crippen MR) is 122 cm³/mol.